The maximum Gasteiger partial charge on any atom is 0.212 e. The van der Waals surface area contributed by atoms with Crippen LogP contribution in [-0.2, 0) is 0 Å². The number of piperazine rings is 1. The number of nitrogens with one attached hydrogen (secondary N) is 1. The molecular formula is C10H19N5. The van der Waals surface area contributed by atoms with Crippen molar-refractivity contribution < 1.29 is 0 Å². The first-order chi connectivity index (χ1) is 7.27. The standard InChI is InChI=1S/C10H19N5/c1-13-6-8-15(9-7-13)14(2)10-11-4-3-5-12-10/h3-4H,5-9H2,1-2H3,(H,11,12). The van der Waals surface area contributed by atoms with E-state index in [9.17, 15) is 0 Å². The molecule has 0 radical (unpaired) electrons. The number of hydrogen-bond acceptors (Lipinski definition) is 5. The van der Waals surface area contributed by atoms with E-state index in [0.29, 0.717) is 0 Å². The molecule has 0 atom stereocenters. The molecule has 2 rings (SSSR count). The van der Waals surface area contributed by atoms with Crippen LogP contribution in [0.25, 0.3) is 0 Å². The van der Waals surface area contributed by atoms with Gasteiger partial charge in [-0.25, -0.2) is 10.0 Å². The summed E-state index contributed by atoms with van der Waals surface area (Å²) in [7, 11) is 4.23. The van der Waals surface area contributed by atoms with Crippen LogP contribution < -0.4 is 5.32 Å². The monoisotopic (exact) mass is 209 g/mol. The maximum atomic E-state index is 4.41. The number of aliphatic imine (C=N–C) groups is 1. The van der Waals surface area contributed by atoms with Crippen LogP contribution in [0, 0.1) is 0 Å². The molecule has 84 valence electrons. The Morgan fingerprint density at radius 3 is 2.67 bits per heavy atom. The van der Waals surface area contributed by atoms with Gasteiger partial charge in [0.2, 0.25) is 5.96 Å². The second-order valence-corrected chi connectivity index (χ2v) is 3.99. The lowest BCUT2D eigenvalue weighted by Crippen LogP contribution is -2.55. The minimum absolute atomic E-state index is 0.778. The van der Waals surface area contributed by atoms with Gasteiger partial charge in [0.25, 0.3) is 0 Å². The minimum Gasteiger partial charge on any atom is -0.332 e. The molecule has 0 aromatic heterocycles. The van der Waals surface area contributed by atoms with Crippen molar-refractivity contribution >= 4 is 5.96 Å². The van der Waals surface area contributed by atoms with Gasteiger partial charge in [0.05, 0.1) is 6.54 Å². The molecule has 1 saturated heterocycles. The predicted molar refractivity (Wildman–Crippen MR) is 61.4 cm³/mol. The fourth-order valence-corrected chi connectivity index (χ4v) is 1.80. The summed E-state index contributed by atoms with van der Waals surface area (Å²) in [5, 5.41) is 7.61. The van der Waals surface area contributed by atoms with Crippen LogP contribution in [-0.4, -0.2) is 67.7 Å². The summed E-state index contributed by atoms with van der Waals surface area (Å²) in [5.41, 5.74) is 0. The lowest BCUT2D eigenvalue weighted by Gasteiger charge is -2.39. The molecule has 0 aromatic rings. The zero-order valence-electron chi connectivity index (χ0n) is 9.48. The van der Waals surface area contributed by atoms with Crippen LogP contribution in [0.5, 0.6) is 0 Å². The molecule has 0 spiro atoms. The SMILES string of the molecule is CN1CCN(N(C)C2=NCC=CN2)CC1. The van der Waals surface area contributed by atoms with Gasteiger partial charge in [-0.3, -0.25) is 5.01 Å². The van der Waals surface area contributed by atoms with E-state index in [-0.39, 0.29) is 0 Å². The fourth-order valence-electron chi connectivity index (χ4n) is 1.80. The van der Waals surface area contributed by atoms with Gasteiger partial charge in [0.1, 0.15) is 0 Å². The fraction of sp³-hybridized carbons (Fsp3) is 0.700. The summed E-state index contributed by atoms with van der Waals surface area (Å²) in [6, 6.07) is 0. The van der Waals surface area contributed by atoms with Gasteiger partial charge >= 0.3 is 0 Å². The molecule has 0 aromatic carbocycles. The summed E-state index contributed by atoms with van der Waals surface area (Å²) in [4.78, 5) is 6.76. The number of rotatable bonds is 1. The third kappa shape index (κ3) is 2.49. The summed E-state index contributed by atoms with van der Waals surface area (Å²) in [6.45, 7) is 5.15. The van der Waals surface area contributed by atoms with E-state index in [1.54, 1.807) is 0 Å². The predicted octanol–water partition coefficient (Wildman–Crippen LogP) is -0.446. The Hall–Kier alpha value is -1.07. The number of hydrogen-bond donors (Lipinski definition) is 1. The van der Waals surface area contributed by atoms with Crippen molar-refractivity contribution in [1.82, 2.24) is 20.2 Å². The van der Waals surface area contributed by atoms with Crippen molar-refractivity contribution in [3.8, 4) is 0 Å². The first kappa shape index (κ1) is 10.4. The summed E-state index contributed by atoms with van der Waals surface area (Å²) < 4.78 is 0. The van der Waals surface area contributed by atoms with Gasteiger partial charge in [0, 0.05) is 39.4 Å². The van der Waals surface area contributed by atoms with E-state index in [2.05, 4.69) is 39.3 Å². The number of hydrazine groups is 1. The maximum absolute atomic E-state index is 4.41. The third-order valence-corrected chi connectivity index (χ3v) is 2.89. The molecule has 0 aliphatic carbocycles. The first-order valence-corrected chi connectivity index (χ1v) is 5.40. The van der Waals surface area contributed by atoms with Crippen molar-refractivity contribution in [2.45, 2.75) is 0 Å². The van der Waals surface area contributed by atoms with E-state index < -0.39 is 0 Å². The second-order valence-electron chi connectivity index (χ2n) is 3.99. The van der Waals surface area contributed by atoms with E-state index >= 15 is 0 Å². The van der Waals surface area contributed by atoms with E-state index in [1.807, 2.05) is 12.3 Å². The quantitative estimate of drug-likeness (QED) is 0.634. The highest BCUT2D eigenvalue weighted by molar-refractivity contribution is 5.81. The summed E-state index contributed by atoms with van der Waals surface area (Å²) in [6.07, 6.45) is 3.97. The van der Waals surface area contributed by atoms with Gasteiger partial charge in [-0.15, -0.1) is 0 Å². The van der Waals surface area contributed by atoms with E-state index in [1.165, 1.54) is 0 Å². The number of guanidine groups is 1. The van der Waals surface area contributed by atoms with Crippen molar-refractivity contribution in [2.24, 2.45) is 4.99 Å². The van der Waals surface area contributed by atoms with Crippen LogP contribution in [0.2, 0.25) is 0 Å². The van der Waals surface area contributed by atoms with Gasteiger partial charge < -0.3 is 10.2 Å². The molecule has 2 aliphatic heterocycles. The molecule has 0 amide bonds. The molecule has 2 aliphatic rings. The van der Waals surface area contributed by atoms with E-state index in [4.69, 9.17) is 0 Å². The molecule has 1 fully saturated rings. The molecule has 0 unspecified atom stereocenters. The number of likely N-dealkylation sites (N-methyl/N-ethyl adjacent to an activating group) is 1. The highest BCUT2D eigenvalue weighted by Gasteiger charge is 2.19. The summed E-state index contributed by atoms with van der Waals surface area (Å²) in [5.74, 6) is 0.946. The van der Waals surface area contributed by atoms with Crippen LogP contribution in [0.3, 0.4) is 0 Å². The largest absolute Gasteiger partial charge is 0.332 e. The normalized spacial score (nSPS) is 23.5. The average Bonchev–Trinajstić information content (AvgIpc) is 2.30. The minimum atomic E-state index is 0.778. The van der Waals surface area contributed by atoms with Crippen molar-refractivity contribution in [3.63, 3.8) is 0 Å². The third-order valence-electron chi connectivity index (χ3n) is 2.89. The molecule has 1 N–H and O–H groups in total. The van der Waals surface area contributed by atoms with Crippen molar-refractivity contribution in [2.75, 3.05) is 46.8 Å². The Labute approximate surface area is 91.0 Å². The van der Waals surface area contributed by atoms with Crippen molar-refractivity contribution in [1.29, 1.82) is 0 Å². The van der Waals surface area contributed by atoms with Crippen LogP contribution >= 0.6 is 0 Å². The summed E-state index contributed by atoms with van der Waals surface area (Å²) >= 11 is 0. The van der Waals surface area contributed by atoms with Crippen molar-refractivity contribution in [3.05, 3.63) is 12.3 Å². The lowest BCUT2D eigenvalue weighted by atomic mass is 10.4. The van der Waals surface area contributed by atoms with Gasteiger partial charge in [-0.1, -0.05) is 0 Å². The molecule has 5 nitrogen and oxygen atoms in total. The number of nitrogens with zero attached hydrogens (tertiary/aromatic N) is 4. The Kier molecular flexibility index (Phi) is 3.23. The Balaban J connectivity index is 1.90. The lowest BCUT2D eigenvalue weighted by molar-refractivity contribution is 0.0189. The highest BCUT2D eigenvalue weighted by atomic mass is 15.7. The zero-order chi connectivity index (χ0) is 10.7. The Bertz CT molecular complexity index is 265. The average molecular weight is 209 g/mol. The molecular weight excluding hydrogens is 190 g/mol. The molecule has 2 heterocycles. The van der Waals surface area contributed by atoms with Gasteiger partial charge in [-0.2, -0.15) is 0 Å². The highest BCUT2D eigenvalue weighted by Crippen LogP contribution is 2.03. The van der Waals surface area contributed by atoms with Crippen LogP contribution in [0.15, 0.2) is 17.3 Å². The topological polar surface area (TPSA) is 34.1 Å². The van der Waals surface area contributed by atoms with E-state index in [0.717, 1.165) is 38.7 Å². The second kappa shape index (κ2) is 4.63. The Morgan fingerprint density at radius 1 is 1.33 bits per heavy atom. The van der Waals surface area contributed by atoms with Gasteiger partial charge in [0.15, 0.2) is 0 Å². The molecule has 0 bridgehead atoms. The smallest absolute Gasteiger partial charge is 0.212 e. The first-order valence-electron chi connectivity index (χ1n) is 5.40. The van der Waals surface area contributed by atoms with Crippen LogP contribution in [0.1, 0.15) is 0 Å². The molecule has 15 heavy (non-hydrogen) atoms. The molecule has 5 heteroatoms. The Morgan fingerprint density at radius 2 is 2.07 bits per heavy atom. The van der Waals surface area contributed by atoms with Gasteiger partial charge in [-0.05, 0) is 13.1 Å². The van der Waals surface area contributed by atoms with Crippen LogP contribution in [0.4, 0.5) is 0 Å². The zero-order valence-corrected chi connectivity index (χ0v) is 9.48. The molecule has 0 saturated carbocycles.